The van der Waals surface area contributed by atoms with Crippen LogP contribution in [0.5, 0.6) is 11.5 Å². The number of ether oxygens (including phenoxy) is 2. The van der Waals surface area contributed by atoms with Crippen LogP contribution in [0.4, 0.5) is 8.78 Å². The molecule has 0 aromatic heterocycles. The molecule has 39 heavy (non-hydrogen) atoms. The monoisotopic (exact) mass is 598 g/mol. The Labute approximate surface area is 234 Å². The number of hydrogen-bond acceptors (Lipinski definition) is 4. The zero-order chi connectivity index (χ0) is 27.5. The fourth-order valence-corrected chi connectivity index (χ4v) is 5.72. The number of nitrogens with one attached hydrogen (secondary N) is 1. The van der Waals surface area contributed by atoms with E-state index in [9.17, 15) is 18.4 Å². The molecule has 1 aliphatic carbocycles. The maximum atomic E-state index is 14.6. The summed E-state index contributed by atoms with van der Waals surface area (Å²) in [7, 11) is 1.55. The van der Waals surface area contributed by atoms with E-state index in [2.05, 4.69) is 21.2 Å². The number of fused-ring (bicyclic) bond motifs is 1. The molecule has 0 atom stereocenters. The molecule has 2 amide bonds. The van der Waals surface area contributed by atoms with E-state index in [0.29, 0.717) is 18.8 Å². The summed E-state index contributed by atoms with van der Waals surface area (Å²) in [6.07, 6.45) is 3.42. The second-order valence-electron chi connectivity index (χ2n) is 10.0. The Hall–Kier alpha value is -3.46. The lowest BCUT2D eigenvalue weighted by atomic mass is 9.85. The van der Waals surface area contributed by atoms with E-state index >= 15 is 0 Å². The highest BCUT2D eigenvalue weighted by Crippen LogP contribution is 2.34. The lowest BCUT2D eigenvalue weighted by Gasteiger charge is -2.34. The topological polar surface area (TPSA) is 67.9 Å². The summed E-state index contributed by atoms with van der Waals surface area (Å²) in [6, 6.07) is 14.9. The Morgan fingerprint density at radius 2 is 1.72 bits per heavy atom. The lowest BCUT2D eigenvalue weighted by Crippen LogP contribution is -2.40. The van der Waals surface area contributed by atoms with Crippen molar-refractivity contribution in [2.24, 2.45) is 5.92 Å². The van der Waals surface area contributed by atoms with Crippen LogP contribution >= 0.6 is 15.9 Å². The van der Waals surface area contributed by atoms with Gasteiger partial charge in [-0.3, -0.25) is 9.59 Å². The van der Waals surface area contributed by atoms with Crippen molar-refractivity contribution in [2.45, 2.75) is 44.9 Å². The van der Waals surface area contributed by atoms with Gasteiger partial charge in [-0.05, 0) is 85.2 Å². The minimum atomic E-state index is -0.933. The maximum Gasteiger partial charge on any atom is 0.254 e. The van der Waals surface area contributed by atoms with Gasteiger partial charge in [0.1, 0.15) is 12.4 Å². The predicted octanol–water partition coefficient (Wildman–Crippen LogP) is 6.26. The van der Waals surface area contributed by atoms with E-state index in [4.69, 9.17) is 9.47 Å². The van der Waals surface area contributed by atoms with Crippen LogP contribution in [0.1, 0.15) is 57.5 Å². The van der Waals surface area contributed by atoms with E-state index in [1.54, 1.807) is 31.4 Å². The molecule has 0 saturated heterocycles. The maximum absolute atomic E-state index is 14.6. The van der Waals surface area contributed by atoms with Crippen LogP contribution in [0, 0.1) is 17.6 Å². The first-order valence-electron chi connectivity index (χ1n) is 12.9. The molecule has 204 valence electrons. The predicted molar refractivity (Wildman–Crippen MR) is 146 cm³/mol. The number of hydrogen-bond donors (Lipinski definition) is 1. The largest absolute Gasteiger partial charge is 0.497 e. The molecule has 3 aromatic carbocycles. The first kappa shape index (κ1) is 27.1. The molecule has 0 radical (unpaired) electrons. The number of methoxy groups -OCH3 is 1. The van der Waals surface area contributed by atoms with E-state index in [-0.39, 0.29) is 30.0 Å². The Morgan fingerprint density at radius 3 is 2.38 bits per heavy atom. The van der Waals surface area contributed by atoms with Gasteiger partial charge in [0, 0.05) is 34.7 Å². The van der Waals surface area contributed by atoms with Gasteiger partial charge < -0.3 is 19.7 Å². The zero-order valence-electron chi connectivity index (χ0n) is 21.5. The second kappa shape index (κ2) is 11.7. The van der Waals surface area contributed by atoms with Gasteiger partial charge in [0.25, 0.3) is 11.8 Å². The van der Waals surface area contributed by atoms with Crippen molar-refractivity contribution >= 4 is 27.7 Å². The average molecular weight is 599 g/mol. The Kier molecular flexibility index (Phi) is 8.16. The fourth-order valence-electron chi connectivity index (χ4n) is 5.31. The Morgan fingerprint density at radius 1 is 1.03 bits per heavy atom. The summed E-state index contributed by atoms with van der Waals surface area (Å²) in [5.41, 5.74) is 2.43. The number of nitrogens with zero attached hydrogens (tertiary/aromatic N) is 1. The fraction of sp³-hybridized carbons (Fsp3) is 0.333. The number of benzene rings is 3. The van der Waals surface area contributed by atoms with Crippen molar-refractivity contribution in [2.75, 3.05) is 13.7 Å². The van der Waals surface area contributed by atoms with Gasteiger partial charge in [0.15, 0.2) is 17.4 Å². The van der Waals surface area contributed by atoms with Crippen molar-refractivity contribution in [3.05, 3.63) is 93.0 Å². The van der Waals surface area contributed by atoms with E-state index < -0.39 is 23.3 Å². The minimum absolute atomic E-state index is 0.0291. The third-order valence-electron chi connectivity index (χ3n) is 7.51. The smallest absolute Gasteiger partial charge is 0.254 e. The van der Waals surface area contributed by atoms with Gasteiger partial charge >= 0.3 is 0 Å². The molecule has 1 heterocycles. The molecule has 2 aliphatic rings. The molecular weight excluding hydrogens is 570 g/mol. The molecular formula is C30H29BrF2N2O4. The second-order valence-corrected chi connectivity index (χ2v) is 10.9. The number of halogens is 3. The third kappa shape index (κ3) is 6.08. The average Bonchev–Trinajstić information content (AvgIpc) is 3.26. The van der Waals surface area contributed by atoms with Crippen molar-refractivity contribution in [1.29, 1.82) is 0 Å². The lowest BCUT2D eigenvalue weighted by molar-refractivity contribution is 0.0635. The van der Waals surface area contributed by atoms with Crippen molar-refractivity contribution in [3.63, 3.8) is 0 Å². The summed E-state index contributed by atoms with van der Waals surface area (Å²) >= 11 is 3.47. The van der Waals surface area contributed by atoms with Crippen LogP contribution in [0.3, 0.4) is 0 Å². The van der Waals surface area contributed by atoms with Crippen LogP contribution in [0.2, 0.25) is 0 Å². The Balaban J connectivity index is 1.11. The minimum Gasteiger partial charge on any atom is -0.497 e. The molecule has 1 fully saturated rings. The van der Waals surface area contributed by atoms with Gasteiger partial charge in [0.2, 0.25) is 0 Å². The third-order valence-corrected chi connectivity index (χ3v) is 8.00. The normalized spacial score (nSPS) is 18.6. The molecule has 1 saturated carbocycles. The molecule has 3 aromatic rings. The van der Waals surface area contributed by atoms with E-state index in [0.717, 1.165) is 59.0 Å². The molecule has 1 aliphatic heterocycles. The quantitative estimate of drug-likeness (QED) is 0.332. The highest BCUT2D eigenvalue weighted by atomic mass is 79.9. The zero-order valence-corrected chi connectivity index (χ0v) is 23.1. The molecule has 6 nitrogen and oxygen atoms in total. The van der Waals surface area contributed by atoms with Crippen LogP contribution in [-0.4, -0.2) is 36.4 Å². The van der Waals surface area contributed by atoms with Gasteiger partial charge in [-0.25, -0.2) is 8.78 Å². The van der Waals surface area contributed by atoms with Gasteiger partial charge in [-0.1, -0.05) is 28.1 Å². The Bertz CT molecular complexity index is 1350. The molecule has 0 spiro atoms. The van der Waals surface area contributed by atoms with Crippen LogP contribution < -0.4 is 14.8 Å². The number of carbonyl (C=O) groups is 2. The standard InChI is InChI=1S/C30H29BrF2N2O4/c1-38-24-9-4-19(5-10-24)17-39-28-26(32)13-20(14-27(28)33)29(36)34-15-18-2-7-23(8-3-18)35-16-21-12-22(31)6-11-25(21)30(35)37/h4-6,9-14,18,23H,2-3,7-8,15-17H2,1H3,(H,34,36)/t18-,23-. The first-order chi connectivity index (χ1) is 18.8. The van der Waals surface area contributed by atoms with Gasteiger partial charge in [-0.15, -0.1) is 0 Å². The molecule has 0 bridgehead atoms. The van der Waals surface area contributed by atoms with Crippen molar-refractivity contribution < 1.29 is 27.8 Å². The first-order valence-corrected chi connectivity index (χ1v) is 13.7. The van der Waals surface area contributed by atoms with Gasteiger partial charge in [-0.2, -0.15) is 0 Å². The molecule has 1 N–H and O–H groups in total. The van der Waals surface area contributed by atoms with E-state index in [1.807, 2.05) is 23.1 Å². The van der Waals surface area contributed by atoms with Crippen LogP contribution in [-0.2, 0) is 13.2 Å². The number of amides is 2. The number of carbonyl (C=O) groups excluding carboxylic acids is 2. The highest BCUT2D eigenvalue weighted by Gasteiger charge is 2.35. The van der Waals surface area contributed by atoms with E-state index in [1.165, 1.54) is 0 Å². The van der Waals surface area contributed by atoms with Crippen molar-refractivity contribution in [3.8, 4) is 11.5 Å². The molecule has 9 heteroatoms. The van der Waals surface area contributed by atoms with Gasteiger partial charge in [0.05, 0.1) is 7.11 Å². The number of rotatable bonds is 8. The summed E-state index contributed by atoms with van der Waals surface area (Å²) in [6.45, 7) is 1.00. The molecule has 5 rings (SSSR count). The SMILES string of the molecule is COc1ccc(COc2c(F)cc(C(=O)NC[C@H]3CC[C@H](N4Cc5cc(Br)ccc5C4=O)CC3)cc2F)cc1. The molecule has 0 unspecified atom stereocenters. The summed E-state index contributed by atoms with van der Waals surface area (Å²) in [4.78, 5) is 27.5. The van der Waals surface area contributed by atoms with Crippen LogP contribution in [0.25, 0.3) is 0 Å². The summed E-state index contributed by atoms with van der Waals surface area (Å²) in [5, 5.41) is 2.81. The summed E-state index contributed by atoms with van der Waals surface area (Å²) in [5.74, 6) is -1.94. The highest BCUT2D eigenvalue weighted by molar-refractivity contribution is 9.10. The summed E-state index contributed by atoms with van der Waals surface area (Å²) < 4.78 is 40.7. The van der Waals surface area contributed by atoms with Crippen molar-refractivity contribution in [1.82, 2.24) is 10.2 Å². The van der Waals surface area contributed by atoms with Crippen LogP contribution in [0.15, 0.2) is 59.1 Å².